The molecule has 4 heterocycles. The van der Waals surface area contributed by atoms with Gasteiger partial charge >= 0.3 is 0 Å². The maximum Gasteiger partial charge on any atom is 0.270 e. The largest absolute Gasteiger partial charge is 0.394 e. The lowest BCUT2D eigenvalue weighted by Crippen LogP contribution is -2.45. The zero-order chi connectivity index (χ0) is 21.1. The molecule has 30 heavy (non-hydrogen) atoms. The van der Waals surface area contributed by atoms with Crippen LogP contribution >= 0.6 is 11.3 Å². The van der Waals surface area contributed by atoms with E-state index in [1.807, 2.05) is 17.4 Å². The van der Waals surface area contributed by atoms with Gasteiger partial charge in [0.05, 0.1) is 18.8 Å². The number of carbonyl (C=O) groups is 1. The van der Waals surface area contributed by atoms with Crippen LogP contribution in [0.5, 0.6) is 0 Å². The Morgan fingerprint density at radius 3 is 2.87 bits per heavy atom. The molecule has 2 N–H and O–H groups in total. The summed E-state index contributed by atoms with van der Waals surface area (Å²) in [6.07, 6.45) is 5.97. The van der Waals surface area contributed by atoms with E-state index in [9.17, 15) is 4.79 Å². The van der Waals surface area contributed by atoms with E-state index in [1.165, 1.54) is 15.3 Å². The van der Waals surface area contributed by atoms with Crippen molar-refractivity contribution < 1.29 is 14.6 Å². The maximum atomic E-state index is 12.1. The first kappa shape index (κ1) is 21.4. The number of aliphatic hydroxyl groups excluding tert-OH is 1. The van der Waals surface area contributed by atoms with Gasteiger partial charge in [0, 0.05) is 48.0 Å². The molecule has 1 fully saturated rings. The van der Waals surface area contributed by atoms with Crippen LogP contribution in [0.1, 0.15) is 58.1 Å². The molecule has 2 aromatic heterocycles. The van der Waals surface area contributed by atoms with E-state index in [2.05, 4.69) is 28.2 Å². The second kappa shape index (κ2) is 9.14. The van der Waals surface area contributed by atoms with Crippen molar-refractivity contribution in [2.75, 3.05) is 26.3 Å². The lowest BCUT2D eigenvalue weighted by atomic mass is 9.82. The summed E-state index contributed by atoms with van der Waals surface area (Å²) in [5, 5.41) is 11.8. The van der Waals surface area contributed by atoms with Crippen molar-refractivity contribution in [2.45, 2.75) is 57.7 Å². The summed E-state index contributed by atoms with van der Waals surface area (Å²) in [6, 6.07) is 5.84. The van der Waals surface area contributed by atoms with Gasteiger partial charge in [-0.2, -0.15) is 0 Å². The lowest BCUT2D eigenvalue weighted by Gasteiger charge is -2.44. The van der Waals surface area contributed by atoms with Gasteiger partial charge in [-0.1, -0.05) is 13.0 Å². The predicted octanol–water partition coefficient (Wildman–Crippen LogP) is 2.88. The number of rotatable bonds is 6. The summed E-state index contributed by atoms with van der Waals surface area (Å²) in [5.74, 6) is -0.254. The summed E-state index contributed by atoms with van der Waals surface area (Å²) < 4.78 is 6.38. The van der Waals surface area contributed by atoms with Gasteiger partial charge in [0.25, 0.3) is 5.91 Å². The summed E-state index contributed by atoms with van der Waals surface area (Å²) in [6.45, 7) is 7.54. The van der Waals surface area contributed by atoms with Gasteiger partial charge in [0.2, 0.25) is 0 Å². The van der Waals surface area contributed by atoms with Crippen molar-refractivity contribution in [3.63, 3.8) is 0 Å². The molecule has 1 amide bonds. The molecule has 0 radical (unpaired) electrons. The average Bonchev–Trinajstić information content (AvgIpc) is 3.21. The van der Waals surface area contributed by atoms with Gasteiger partial charge in [-0.25, -0.2) is 0 Å². The number of likely N-dealkylation sites (tertiary alicyclic amines) is 1. The molecule has 4 rings (SSSR count). The second-order valence-electron chi connectivity index (χ2n) is 8.38. The van der Waals surface area contributed by atoms with E-state index in [0.717, 1.165) is 57.5 Å². The van der Waals surface area contributed by atoms with Crippen LogP contribution in [0.3, 0.4) is 0 Å². The molecule has 162 valence electrons. The summed E-state index contributed by atoms with van der Waals surface area (Å²) >= 11 is 1.97. The van der Waals surface area contributed by atoms with Gasteiger partial charge in [0.1, 0.15) is 5.69 Å². The van der Waals surface area contributed by atoms with Crippen molar-refractivity contribution in [3.05, 3.63) is 51.0 Å². The fraction of sp³-hybridized carbons (Fsp3) is 0.565. The summed E-state index contributed by atoms with van der Waals surface area (Å²) in [4.78, 5) is 21.9. The van der Waals surface area contributed by atoms with Crippen LogP contribution in [0.25, 0.3) is 0 Å². The number of nitrogens with one attached hydrogen (secondary N) is 1. The fourth-order valence-electron chi connectivity index (χ4n) is 4.39. The molecule has 1 spiro atoms. The number of fused-ring (bicyclic) bond motifs is 2. The Bertz CT molecular complexity index is 872. The van der Waals surface area contributed by atoms with E-state index in [0.29, 0.717) is 5.69 Å². The molecule has 0 unspecified atom stereocenters. The molecular weight excluding hydrogens is 398 g/mol. The predicted molar refractivity (Wildman–Crippen MR) is 118 cm³/mol. The number of nitrogens with zero attached hydrogens (tertiary/aromatic N) is 2. The summed E-state index contributed by atoms with van der Waals surface area (Å²) in [7, 11) is 0. The van der Waals surface area contributed by atoms with Gasteiger partial charge in [-0.3, -0.25) is 14.7 Å². The van der Waals surface area contributed by atoms with Gasteiger partial charge < -0.3 is 15.2 Å². The van der Waals surface area contributed by atoms with E-state index in [-0.39, 0.29) is 24.2 Å². The van der Waals surface area contributed by atoms with E-state index in [4.69, 9.17) is 9.84 Å². The van der Waals surface area contributed by atoms with Crippen LogP contribution in [-0.4, -0.2) is 53.2 Å². The van der Waals surface area contributed by atoms with Crippen molar-refractivity contribution in [2.24, 2.45) is 0 Å². The molecule has 0 aliphatic carbocycles. The molecular formula is C23H31N3O3S. The van der Waals surface area contributed by atoms with Crippen molar-refractivity contribution in [3.8, 4) is 0 Å². The van der Waals surface area contributed by atoms with Crippen LogP contribution in [0.15, 0.2) is 24.4 Å². The Morgan fingerprint density at radius 1 is 1.40 bits per heavy atom. The number of pyridine rings is 1. The van der Waals surface area contributed by atoms with E-state index in [1.54, 1.807) is 19.2 Å². The van der Waals surface area contributed by atoms with Crippen molar-refractivity contribution in [1.82, 2.24) is 15.2 Å². The number of piperidine rings is 1. The lowest BCUT2D eigenvalue weighted by molar-refractivity contribution is -0.0981. The van der Waals surface area contributed by atoms with Gasteiger partial charge in [0.15, 0.2) is 0 Å². The highest BCUT2D eigenvalue weighted by atomic mass is 32.1. The average molecular weight is 430 g/mol. The van der Waals surface area contributed by atoms with E-state index < -0.39 is 0 Å². The molecule has 2 aliphatic rings. The molecule has 6 nitrogen and oxygen atoms in total. The Morgan fingerprint density at radius 2 is 2.20 bits per heavy atom. The molecule has 2 aromatic rings. The molecule has 2 aliphatic heterocycles. The van der Waals surface area contributed by atoms with Crippen LogP contribution in [-0.2, 0) is 29.7 Å². The molecule has 1 atom stereocenters. The number of hydrogen-bond acceptors (Lipinski definition) is 6. The Hall–Kier alpha value is -1.80. The van der Waals surface area contributed by atoms with Crippen molar-refractivity contribution in [1.29, 1.82) is 0 Å². The van der Waals surface area contributed by atoms with E-state index >= 15 is 0 Å². The number of hydrogen-bond donors (Lipinski definition) is 2. The van der Waals surface area contributed by atoms with Gasteiger partial charge in [-0.15, -0.1) is 11.3 Å². The number of aryl methyl sites for hydroxylation is 1. The van der Waals surface area contributed by atoms with Crippen LogP contribution in [0.2, 0.25) is 0 Å². The number of amides is 1. The molecule has 1 saturated heterocycles. The molecule has 0 saturated carbocycles. The third kappa shape index (κ3) is 4.44. The minimum Gasteiger partial charge on any atom is -0.394 e. The Labute approximate surface area is 182 Å². The monoisotopic (exact) mass is 429 g/mol. The highest BCUT2D eigenvalue weighted by molar-refractivity contribution is 7.12. The van der Waals surface area contributed by atoms with Crippen LogP contribution in [0.4, 0.5) is 0 Å². The van der Waals surface area contributed by atoms with Gasteiger partial charge in [-0.05, 0) is 49.4 Å². The Balaban J connectivity index is 1.36. The SMILES string of the molecule is CCc1cc2c(s1)CCOC21CCN(Cc2ccc(C(=O)N[C@H](C)CO)nc2)CC1. The zero-order valence-electron chi connectivity index (χ0n) is 17.8. The quantitative estimate of drug-likeness (QED) is 0.739. The smallest absolute Gasteiger partial charge is 0.270 e. The number of carbonyl (C=O) groups excluding carboxylic acids is 1. The zero-order valence-corrected chi connectivity index (χ0v) is 18.6. The minimum atomic E-state index is -0.279. The molecule has 0 aromatic carbocycles. The van der Waals surface area contributed by atoms with Crippen molar-refractivity contribution >= 4 is 17.2 Å². The standard InChI is InChI=1S/C23H31N3O3S/c1-3-18-12-19-21(30-18)6-11-29-23(19)7-9-26(10-8-23)14-17-4-5-20(24-13-17)22(28)25-16(2)15-27/h4-5,12-13,16,27H,3,6-11,14-15H2,1-2H3,(H,25,28)/t16-/m1/s1. The second-order valence-corrected chi connectivity index (χ2v) is 9.60. The van der Waals surface area contributed by atoms with Crippen LogP contribution < -0.4 is 5.32 Å². The first-order chi connectivity index (χ1) is 14.5. The highest BCUT2D eigenvalue weighted by Crippen LogP contribution is 2.44. The highest BCUT2D eigenvalue weighted by Gasteiger charge is 2.41. The third-order valence-electron chi connectivity index (χ3n) is 6.19. The number of aliphatic hydroxyl groups is 1. The summed E-state index contributed by atoms with van der Waals surface area (Å²) in [5.41, 5.74) is 2.83. The number of aromatic nitrogens is 1. The molecule has 7 heteroatoms. The molecule has 0 bridgehead atoms. The fourth-order valence-corrected chi connectivity index (χ4v) is 5.56. The first-order valence-electron chi connectivity index (χ1n) is 10.9. The maximum absolute atomic E-state index is 12.1. The topological polar surface area (TPSA) is 74.7 Å². The first-order valence-corrected chi connectivity index (χ1v) is 11.7. The minimum absolute atomic E-state index is 0.0867. The van der Waals surface area contributed by atoms with Crippen LogP contribution in [0, 0.1) is 0 Å². The number of ether oxygens (including phenoxy) is 1. The Kier molecular flexibility index (Phi) is 6.53. The number of thiophene rings is 1. The normalized spacial score (nSPS) is 19.4. The third-order valence-corrected chi connectivity index (χ3v) is 7.52.